The summed E-state index contributed by atoms with van der Waals surface area (Å²) in [6.45, 7) is 0.361. The van der Waals surface area contributed by atoms with Crippen molar-refractivity contribution in [3.63, 3.8) is 0 Å². The topological polar surface area (TPSA) is 59.0 Å². The molecule has 3 aromatic rings. The van der Waals surface area contributed by atoms with Gasteiger partial charge >= 0.3 is 6.03 Å². The summed E-state index contributed by atoms with van der Waals surface area (Å²) in [6.07, 6.45) is 3.17. The fourth-order valence-corrected chi connectivity index (χ4v) is 2.52. The van der Waals surface area contributed by atoms with Gasteiger partial charge in [-0.05, 0) is 42.0 Å². The quantitative estimate of drug-likeness (QED) is 0.669. The van der Waals surface area contributed by atoms with Crippen LogP contribution in [0.5, 0.6) is 0 Å². The lowest BCUT2D eigenvalue weighted by Crippen LogP contribution is -2.19. The molecule has 0 saturated heterocycles. The highest BCUT2D eigenvalue weighted by atomic mass is 35.5. The molecule has 25 heavy (non-hydrogen) atoms. The van der Waals surface area contributed by atoms with Crippen molar-refractivity contribution in [3.8, 4) is 0 Å². The van der Waals surface area contributed by atoms with Crippen LogP contribution >= 0.6 is 23.2 Å². The standard InChI is InChI=1S/C17H13Cl2FN4O/c18-12-2-5-14(6-3-12)22-17(25)23-15-8-21-24(10-15)9-11-1-4-13(20)7-16(11)19/h1-8,10H,9H2,(H2,22,23,25). The summed E-state index contributed by atoms with van der Waals surface area (Å²) < 4.78 is 14.7. The number of rotatable bonds is 4. The van der Waals surface area contributed by atoms with Gasteiger partial charge < -0.3 is 10.6 Å². The number of benzene rings is 2. The molecular formula is C17H13Cl2FN4O. The van der Waals surface area contributed by atoms with E-state index in [0.717, 1.165) is 5.56 Å². The molecule has 0 saturated carbocycles. The van der Waals surface area contributed by atoms with Gasteiger partial charge in [0.15, 0.2) is 0 Å². The van der Waals surface area contributed by atoms with Crippen molar-refractivity contribution < 1.29 is 9.18 Å². The minimum Gasteiger partial charge on any atom is -0.308 e. The normalized spacial score (nSPS) is 10.5. The summed E-state index contributed by atoms with van der Waals surface area (Å²) in [4.78, 5) is 12.0. The van der Waals surface area contributed by atoms with Crippen molar-refractivity contribution >= 4 is 40.6 Å². The number of anilines is 2. The molecule has 1 aromatic heterocycles. The molecule has 1 heterocycles. The molecule has 8 heteroatoms. The first-order valence-corrected chi connectivity index (χ1v) is 8.05. The van der Waals surface area contributed by atoms with Crippen molar-refractivity contribution in [2.24, 2.45) is 0 Å². The highest BCUT2D eigenvalue weighted by Crippen LogP contribution is 2.19. The number of carbonyl (C=O) groups is 1. The molecule has 0 spiro atoms. The monoisotopic (exact) mass is 378 g/mol. The number of hydrogen-bond donors (Lipinski definition) is 2. The second-order valence-corrected chi connectivity index (χ2v) is 6.09. The summed E-state index contributed by atoms with van der Waals surface area (Å²) in [6, 6.07) is 10.5. The van der Waals surface area contributed by atoms with Crippen LogP contribution in [0.2, 0.25) is 10.0 Å². The van der Waals surface area contributed by atoms with Gasteiger partial charge in [0.25, 0.3) is 0 Å². The summed E-state index contributed by atoms with van der Waals surface area (Å²) in [7, 11) is 0. The van der Waals surface area contributed by atoms with E-state index in [9.17, 15) is 9.18 Å². The van der Waals surface area contributed by atoms with E-state index < -0.39 is 11.8 Å². The highest BCUT2D eigenvalue weighted by molar-refractivity contribution is 6.31. The fourth-order valence-electron chi connectivity index (χ4n) is 2.17. The Bertz CT molecular complexity index is 896. The minimum atomic E-state index is -0.401. The number of nitrogens with zero attached hydrogens (tertiary/aromatic N) is 2. The van der Waals surface area contributed by atoms with Gasteiger partial charge in [-0.15, -0.1) is 0 Å². The van der Waals surface area contributed by atoms with Gasteiger partial charge in [0.05, 0.1) is 18.4 Å². The molecule has 0 aliphatic rings. The zero-order chi connectivity index (χ0) is 17.8. The van der Waals surface area contributed by atoms with Gasteiger partial charge in [0.1, 0.15) is 5.82 Å². The molecule has 0 unspecified atom stereocenters. The van der Waals surface area contributed by atoms with Crippen LogP contribution in [0.1, 0.15) is 5.56 Å². The fraction of sp³-hybridized carbons (Fsp3) is 0.0588. The smallest absolute Gasteiger partial charge is 0.308 e. The van der Waals surface area contributed by atoms with E-state index in [2.05, 4.69) is 15.7 Å². The average Bonchev–Trinajstić information content (AvgIpc) is 2.99. The van der Waals surface area contributed by atoms with Crippen LogP contribution in [-0.4, -0.2) is 15.8 Å². The van der Waals surface area contributed by atoms with Gasteiger partial charge in [0, 0.05) is 21.9 Å². The third-order valence-corrected chi connectivity index (χ3v) is 3.94. The molecule has 3 rings (SSSR count). The molecule has 0 radical (unpaired) electrons. The third kappa shape index (κ3) is 4.71. The highest BCUT2D eigenvalue weighted by Gasteiger charge is 2.07. The zero-order valence-corrected chi connectivity index (χ0v) is 14.4. The van der Waals surface area contributed by atoms with Crippen molar-refractivity contribution in [2.75, 3.05) is 10.6 Å². The van der Waals surface area contributed by atoms with Gasteiger partial charge in [-0.1, -0.05) is 29.3 Å². The molecule has 0 aliphatic heterocycles. The molecule has 5 nitrogen and oxygen atoms in total. The summed E-state index contributed by atoms with van der Waals surface area (Å²) in [5.41, 5.74) is 1.86. The summed E-state index contributed by atoms with van der Waals surface area (Å²) in [5.74, 6) is -0.393. The van der Waals surface area contributed by atoms with Crippen LogP contribution < -0.4 is 10.6 Å². The lowest BCUT2D eigenvalue weighted by molar-refractivity contribution is 0.262. The third-order valence-electron chi connectivity index (χ3n) is 3.34. The van der Waals surface area contributed by atoms with Crippen molar-refractivity contribution in [3.05, 3.63) is 76.3 Å². The van der Waals surface area contributed by atoms with E-state index >= 15 is 0 Å². The van der Waals surface area contributed by atoms with E-state index in [4.69, 9.17) is 23.2 Å². The van der Waals surface area contributed by atoms with Crippen LogP contribution in [0.3, 0.4) is 0 Å². The van der Waals surface area contributed by atoms with Crippen LogP contribution in [-0.2, 0) is 6.54 Å². The lowest BCUT2D eigenvalue weighted by Gasteiger charge is -2.06. The van der Waals surface area contributed by atoms with E-state index in [0.29, 0.717) is 28.0 Å². The Morgan fingerprint density at radius 3 is 2.52 bits per heavy atom. The first-order chi connectivity index (χ1) is 12.0. The van der Waals surface area contributed by atoms with Crippen LogP contribution in [0.15, 0.2) is 54.9 Å². The number of urea groups is 1. The van der Waals surface area contributed by atoms with Gasteiger partial charge in [-0.3, -0.25) is 4.68 Å². The predicted octanol–water partition coefficient (Wildman–Crippen LogP) is 5.02. The number of carbonyl (C=O) groups excluding carboxylic acids is 1. The van der Waals surface area contributed by atoms with Crippen molar-refractivity contribution in [1.29, 1.82) is 0 Å². The maximum absolute atomic E-state index is 13.1. The second-order valence-electron chi connectivity index (χ2n) is 5.25. The average molecular weight is 379 g/mol. The van der Waals surface area contributed by atoms with Crippen molar-refractivity contribution in [2.45, 2.75) is 6.54 Å². The molecule has 2 N–H and O–H groups in total. The minimum absolute atomic E-state index is 0.325. The zero-order valence-electron chi connectivity index (χ0n) is 12.8. The molecule has 2 amide bonds. The van der Waals surface area contributed by atoms with E-state index in [-0.39, 0.29) is 0 Å². The van der Waals surface area contributed by atoms with E-state index in [1.807, 2.05) is 0 Å². The van der Waals surface area contributed by atoms with E-state index in [1.165, 1.54) is 18.3 Å². The number of hydrogen-bond acceptors (Lipinski definition) is 2. The summed E-state index contributed by atoms with van der Waals surface area (Å²) in [5, 5.41) is 10.4. The maximum Gasteiger partial charge on any atom is 0.323 e. The van der Waals surface area contributed by atoms with E-state index in [1.54, 1.807) is 41.2 Å². The largest absolute Gasteiger partial charge is 0.323 e. The molecule has 128 valence electrons. The lowest BCUT2D eigenvalue weighted by atomic mass is 10.2. The van der Waals surface area contributed by atoms with Gasteiger partial charge in [-0.2, -0.15) is 5.10 Å². The van der Waals surface area contributed by atoms with Crippen LogP contribution in [0, 0.1) is 5.82 Å². The number of nitrogens with one attached hydrogen (secondary N) is 2. The van der Waals surface area contributed by atoms with Crippen molar-refractivity contribution in [1.82, 2.24) is 9.78 Å². The molecule has 0 bridgehead atoms. The Labute approximate surface area is 153 Å². The Hall–Kier alpha value is -2.57. The maximum atomic E-state index is 13.1. The van der Waals surface area contributed by atoms with Gasteiger partial charge in [0.2, 0.25) is 0 Å². The molecule has 0 atom stereocenters. The SMILES string of the molecule is O=C(Nc1ccc(Cl)cc1)Nc1cnn(Cc2ccc(F)cc2Cl)c1. The predicted molar refractivity (Wildman–Crippen MR) is 96.8 cm³/mol. The van der Waals surface area contributed by atoms with Crippen LogP contribution in [0.25, 0.3) is 0 Å². The molecular weight excluding hydrogens is 366 g/mol. The first-order valence-electron chi connectivity index (χ1n) is 7.29. The molecule has 0 fully saturated rings. The molecule has 0 aliphatic carbocycles. The Morgan fingerprint density at radius 1 is 1.08 bits per heavy atom. The number of amides is 2. The Balaban J connectivity index is 1.61. The summed E-state index contributed by atoms with van der Waals surface area (Å²) >= 11 is 11.8. The molecule has 2 aromatic carbocycles. The Kier molecular flexibility index (Phi) is 5.21. The Morgan fingerprint density at radius 2 is 1.80 bits per heavy atom. The first kappa shape index (κ1) is 17.3. The number of aromatic nitrogens is 2. The second kappa shape index (κ2) is 7.55. The van der Waals surface area contributed by atoms with Gasteiger partial charge in [-0.25, -0.2) is 9.18 Å². The van der Waals surface area contributed by atoms with Crippen LogP contribution in [0.4, 0.5) is 20.6 Å². The number of halogens is 3.